The molecule has 4 rings (SSSR count). The van der Waals surface area contributed by atoms with E-state index < -0.39 is 5.97 Å². The number of carboxylic acid groups (broad SMARTS) is 1. The van der Waals surface area contributed by atoms with Crippen LogP contribution in [0.25, 0.3) is 0 Å². The number of hydrogen-bond donors (Lipinski definition) is 1. The second-order valence-corrected chi connectivity index (χ2v) is 11.9. The molecule has 1 N–H and O–H groups in total. The van der Waals surface area contributed by atoms with Crippen LogP contribution in [0.1, 0.15) is 84.9 Å². The molecule has 1 atom stereocenters. The molecule has 174 valence electrons. The largest absolute Gasteiger partial charge is 0.489 e. The van der Waals surface area contributed by atoms with Crippen molar-refractivity contribution in [2.75, 3.05) is 0 Å². The van der Waals surface area contributed by atoms with E-state index in [1.165, 1.54) is 34.4 Å². The lowest BCUT2D eigenvalue weighted by Gasteiger charge is -2.42. The summed E-state index contributed by atoms with van der Waals surface area (Å²) in [6.07, 6.45) is 2.49. The van der Waals surface area contributed by atoms with Gasteiger partial charge in [0.1, 0.15) is 12.4 Å². The van der Waals surface area contributed by atoms with Crippen molar-refractivity contribution in [3.05, 3.63) is 86.6 Å². The first-order valence-electron chi connectivity index (χ1n) is 11.7. The number of aliphatic carboxylic acids is 1. The fourth-order valence-electron chi connectivity index (χ4n) is 4.89. The second kappa shape index (κ2) is 8.98. The summed E-state index contributed by atoms with van der Waals surface area (Å²) in [5.74, 6) is -0.126. The van der Waals surface area contributed by atoms with Crippen LogP contribution in [-0.2, 0) is 22.2 Å². The van der Waals surface area contributed by atoms with Gasteiger partial charge in [0.25, 0.3) is 0 Å². The first-order chi connectivity index (χ1) is 15.5. The topological polar surface area (TPSA) is 46.5 Å². The van der Waals surface area contributed by atoms with E-state index in [4.69, 9.17) is 4.74 Å². The van der Waals surface area contributed by atoms with Crippen LogP contribution in [0.2, 0.25) is 0 Å². The molecule has 1 unspecified atom stereocenters. The molecule has 0 saturated carbocycles. The molecule has 0 bridgehead atoms. The highest BCUT2D eigenvalue weighted by Crippen LogP contribution is 2.46. The van der Waals surface area contributed by atoms with E-state index in [2.05, 4.69) is 45.9 Å². The van der Waals surface area contributed by atoms with Gasteiger partial charge in [-0.3, -0.25) is 4.79 Å². The van der Waals surface area contributed by atoms with Crippen LogP contribution in [-0.4, -0.2) is 11.1 Å². The van der Waals surface area contributed by atoms with Crippen molar-refractivity contribution in [2.24, 2.45) is 0 Å². The van der Waals surface area contributed by atoms with Crippen LogP contribution in [0.4, 0.5) is 0 Å². The molecule has 0 fully saturated rings. The van der Waals surface area contributed by atoms with Crippen LogP contribution >= 0.6 is 11.3 Å². The minimum atomic E-state index is -0.787. The van der Waals surface area contributed by atoms with Gasteiger partial charge in [0.2, 0.25) is 0 Å². The average Bonchev–Trinajstić information content (AvgIpc) is 3.20. The smallest absolute Gasteiger partial charge is 0.304 e. The van der Waals surface area contributed by atoms with E-state index in [-0.39, 0.29) is 23.2 Å². The third-order valence-electron chi connectivity index (χ3n) is 7.09. The molecule has 1 heterocycles. The Hall–Kier alpha value is -2.59. The Labute approximate surface area is 201 Å². The van der Waals surface area contributed by atoms with Crippen LogP contribution in [0.5, 0.6) is 5.75 Å². The molecule has 33 heavy (non-hydrogen) atoms. The second-order valence-electron chi connectivity index (χ2n) is 10.6. The quantitative estimate of drug-likeness (QED) is 0.393. The number of ether oxygens (including phenoxy) is 1. The summed E-state index contributed by atoms with van der Waals surface area (Å²) in [7, 11) is 0. The number of benzene rings is 2. The lowest BCUT2D eigenvalue weighted by Crippen LogP contribution is -2.33. The normalized spacial score (nSPS) is 17.2. The van der Waals surface area contributed by atoms with E-state index in [0.29, 0.717) is 6.61 Å². The number of aryl methyl sites for hydroxylation is 1. The van der Waals surface area contributed by atoms with Gasteiger partial charge in [-0.05, 0) is 77.1 Å². The number of carbonyl (C=O) groups is 1. The van der Waals surface area contributed by atoms with E-state index in [9.17, 15) is 9.90 Å². The van der Waals surface area contributed by atoms with Gasteiger partial charge in [0.15, 0.2) is 0 Å². The zero-order valence-corrected chi connectivity index (χ0v) is 21.1. The molecular weight excluding hydrogens is 428 g/mol. The number of hydrogen-bond acceptors (Lipinski definition) is 3. The Kier molecular flexibility index (Phi) is 6.41. The molecule has 1 aliphatic rings. The Morgan fingerprint density at radius 3 is 2.24 bits per heavy atom. The van der Waals surface area contributed by atoms with Crippen LogP contribution < -0.4 is 4.74 Å². The van der Waals surface area contributed by atoms with E-state index in [1.807, 2.05) is 43.3 Å². The van der Waals surface area contributed by atoms with Crippen molar-refractivity contribution in [3.63, 3.8) is 0 Å². The lowest BCUT2D eigenvalue weighted by molar-refractivity contribution is -0.137. The molecule has 0 spiro atoms. The summed E-state index contributed by atoms with van der Waals surface area (Å²) < 4.78 is 6.12. The summed E-state index contributed by atoms with van der Waals surface area (Å²) in [5.41, 5.74) is 5.49. The minimum absolute atomic E-state index is 0.0847. The predicted molar refractivity (Wildman–Crippen MR) is 136 cm³/mol. The van der Waals surface area contributed by atoms with Crippen molar-refractivity contribution in [1.82, 2.24) is 0 Å². The zero-order valence-electron chi connectivity index (χ0n) is 20.3. The number of carboxylic acids is 1. The van der Waals surface area contributed by atoms with E-state index >= 15 is 0 Å². The maximum atomic E-state index is 11.5. The molecule has 0 aliphatic heterocycles. The zero-order chi connectivity index (χ0) is 23.8. The van der Waals surface area contributed by atoms with Gasteiger partial charge in [-0.2, -0.15) is 0 Å². The highest BCUT2D eigenvalue weighted by Gasteiger charge is 2.36. The third-order valence-corrected chi connectivity index (χ3v) is 8.20. The fourth-order valence-corrected chi connectivity index (χ4v) is 5.89. The van der Waals surface area contributed by atoms with Crippen molar-refractivity contribution in [2.45, 2.75) is 77.2 Å². The number of rotatable bonds is 7. The summed E-state index contributed by atoms with van der Waals surface area (Å²) >= 11 is 1.66. The number of thiophene rings is 1. The molecule has 2 aromatic carbocycles. The third kappa shape index (κ3) is 5.16. The molecule has 4 heteroatoms. The van der Waals surface area contributed by atoms with Crippen molar-refractivity contribution >= 4 is 17.3 Å². The molecule has 3 nitrogen and oxygen atoms in total. The molecule has 3 aromatic rings. The number of fused-ring (bicyclic) bond motifs is 1. The maximum Gasteiger partial charge on any atom is 0.304 e. The average molecular weight is 463 g/mol. The SMILES string of the molecule is Cc1ccc(C(CC(=O)O)c2ccc(OCc3ccc4c(c3)C(C)(C)CCC4(C)C)cc2)s1. The maximum absolute atomic E-state index is 11.5. The summed E-state index contributed by atoms with van der Waals surface area (Å²) in [5, 5.41) is 9.41. The summed E-state index contributed by atoms with van der Waals surface area (Å²) in [4.78, 5) is 13.7. The Morgan fingerprint density at radius 1 is 0.970 bits per heavy atom. The molecule has 1 aliphatic carbocycles. The van der Waals surface area contributed by atoms with Crippen LogP contribution in [0.15, 0.2) is 54.6 Å². The summed E-state index contributed by atoms with van der Waals surface area (Å²) in [6.45, 7) is 11.9. The van der Waals surface area contributed by atoms with Crippen molar-refractivity contribution < 1.29 is 14.6 Å². The first kappa shape index (κ1) is 23.6. The Morgan fingerprint density at radius 2 is 1.64 bits per heavy atom. The van der Waals surface area contributed by atoms with Crippen molar-refractivity contribution in [1.29, 1.82) is 0 Å². The molecule has 0 saturated heterocycles. The van der Waals surface area contributed by atoms with Gasteiger partial charge in [0, 0.05) is 15.7 Å². The van der Waals surface area contributed by atoms with Gasteiger partial charge in [-0.1, -0.05) is 58.0 Å². The predicted octanol–water partition coefficient (Wildman–Crippen LogP) is 7.59. The highest BCUT2D eigenvalue weighted by atomic mass is 32.1. The van der Waals surface area contributed by atoms with Gasteiger partial charge in [-0.25, -0.2) is 0 Å². The first-order valence-corrected chi connectivity index (χ1v) is 12.5. The van der Waals surface area contributed by atoms with Gasteiger partial charge in [0.05, 0.1) is 6.42 Å². The van der Waals surface area contributed by atoms with E-state index in [0.717, 1.165) is 16.2 Å². The fraction of sp³-hybridized carbons (Fsp3) is 0.414. The molecular formula is C29H34O3S. The summed E-state index contributed by atoms with van der Waals surface area (Å²) in [6, 6.07) is 18.8. The standard InChI is InChI=1S/C29H34O3S/c1-19-6-13-26(33-19)23(17-27(30)31)21-8-10-22(11-9-21)32-18-20-7-12-24-25(16-20)29(4,5)15-14-28(24,2)3/h6-13,16,23H,14-15,17-18H2,1-5H3,(H,30,31). The van der Waals surface area contributed by atoms with Crippen molar-refractivity contribution in [3.8, 4) is 5.75 Å². The highest BCUT2D eigenvalue weighted by molar-refractivity contribution is 7.12. The van der Waals surface area contributed by atoms with Crippen LogP contribution in [0.3, 0.4) is 0 Å². The minimum Gasteiger partial charge on any atom is -0.489 e. The van der Waals surface area contributed by atoms with Crippen LogP contribution in [0, 0.1) is 6.92 Å². The molecule has 1 aromatic heterocycles. The Balaban J connectivity index is 1.49. The Bertz CT molecular complexity index is 1140. The molecule has 0 radical (unpaired) electrons. The van der Waals surface area contributed by atoms with Gasteiger partial charge in [-0.15, -0.1) is 11.3 Å². The lowest BCUT2D eigenvalue weighted by atomic mass is 9.63. The van der Waals surface area contributed by atoms with E-state index in [1.54, 1.807) is 11.3 Å². The monoisotopic (exact) mass is 462 g/mol. The van der Waals surface area contributed by atoms with Gasteiger partial charge >= 0.3 is 5.97 Å². The van der Waals surface area contributed by atoms with Gasteiger partial charge < -0.3 is 9.84 Å². The molecule has 0 amide bonds.